The van der Waals surface area contributed by atoms with Crippen molar-refractivity contribution in [2.75, 3.05) is 6.54 Å². The zero-order chi connectivity index (χ0) is 15.2. The lowest BCUT2D eigenvalue weighted by Crippen LogP contribution is -2.21. The predicted octanol–water partition coefficient (Wildman–Crippen LogP) is 6.33. The summed E-state index contributed by atoms with van der Waals surface area (Å²) in [6.45, 7) is 7.71. The van der Waals surface area contributed by atoms with Crippen molar-refractivity contribution in [1.29, 1.82) is 0 Å². The highest BCUT2D eigenvalue weighted by atomic mass is 79.9. The summed E-state index contributed by atoms with van der Waals surface area (Å²) in [5, 5.41) is 3.68. The molecule has 0 saturated heterocycles. The highest BCUT2D eigenvalue weighted by molar-refractivity contribution is 9.10. The molecular formula is C18H24BrNS. The van der Waals surface area contributed by atoms with Crippen molar-refractivity contribution < 1.29 is 0 Å². The van der Waals surface area contributed by atoms with Gasteiger partial charge in [0, 0.05) is 25.8 Å². The lowest BCUT2D eigenvalue weighted by Gasteiger charge is -2.16. The van der Waals surface area contributed by atoms with Crippen molar-refractivity contribution in [3.05, 3.63) is 45.2 Å². The molecule has 0 spiro atoms. The molecule has 0 radical (unpaired) electrons. The van der Waals surface area contributed by atoms with Crippen LogP contribution in [-0.2, 0) is 0 Å². The van der Waals surface area contributed by atoms with Gasteiger partial charge in [-0.2, -0.15) is 0 Å². The Morgan fingerprint density at radius 1 is 1.14 bits per heavy atom. The third kappa shape index (κ3) is 4.41. The molecule has 114 valence electrons. The summed E-state index contributed by atoms with van der Waals surface area (Å²) in [6, 6.07) is 11.6. The van der Waals surface area contributed by atoms with Crippen LogP contribution in [0.25, 0.3) is 10.4 Å². The first-order valence-corrected chi connectivity index (χ1v) is 9.36. The monoisotopic (exact) mass is 365 g/mol. The van der Waals surface area contributed by atoms with Gasteiger partial charge >= 0.3 is 0 Å². The quantitative estimate of drug-likeness (QED) is 0.604. The second kappa shape index (κ2) is 8.11. The van der Waals surface area contributed by atoms with E-state index >= 15 is 0 Å². The van der Waals surface area contributed by atoms with E-state index in [-0.39, 0.29) is 0 Å². The highest BCUT2D eigenvalue weighted by Gasteiger charge is 2.14. The van der Waals surface area contributed by atoms with Gasteiger partial charge in [0.2, 0.25) is 0 Å². The van der Waals surface area contributed by atoms with E-state index in [9.17, 15) is 0 Å². The maximum Gasteiger partial charge on any atom is 0.0414 e. The molecule has 0 amide bonds. The average Bonchev–Trinajstić information content (AvgIpc) is 2.95. The third-order valence-corrected chi connectivity index (χ3v) is 5.50. The van der Waals surface area contributed by atoms with E-state index in [2.05, 4.69) is 72.3 Å². The van der Waals surface area contributed by atoms with Crippen LogP contribution in [0.2, 0.25) is 0 Å². The van der Waals surface area contributed by atoms with Gasteiger partial charge in [0.15, 0.2) is 0 Å². The molecule has 0 aliphatic rings. The molecule has 2 aromatic rings. The lowest BCUT2D eigenvalue weighted by molar-refractivity contribution is 0.501. The zero-order valence-electron chi connectivity index (χ0n) is 13.1. The summed E-state index contributed by atoms with van der Waals surface area (Å²) >= 11 is 5.59. The van der Waals surface area contributed by atoms with Crippen LogP contribution in [0.1, 0.15) is 49.6 Å². The van der Waals surface area contributed by atoms with E-state index in [4.69, 9.17) is 0 Å². The van der Waals surface area contributed by atoms with Crippen LogP contribution in [-0.4, -0.2) is 6.54 Å². The van der Waals surface area contributed by atoms with Crippen molar-refractivity contribution in [2.24, 2.45) is 0 Å². The molecule has 1 unspecified atom stereocenters. The van der Waals surface area contributed by atoms with E-state index < -0.39 is 0 Å². The number of halogens is 1. The molecule has 2 rings (SSSR count). The Hall–Kier alpha value is -0.640. The normalized spacial score (nSPS) is 12.6. The number of hydrogen-bond donors (Lipinski definition) is 1. The maximum atomic E-state index is 3.68. The minimum Gasteiger partial charge on any atom is -0.309 e. The molecule has 1 nitrogen and oxygen atoms in total. The first-order valence-electron chi connectivity index (χ1n) is 7.75. The van der Waals surface area contributed by atoms with Gasteiger partial charge in [0.05, 0.1) is 0 Å². The van der Waals surface area contributed by atoms with Gasteiger partial charge in [0.25, 0.3) is 0 Å². The summed E-state index contributed by atoms with van der Waals surface area (Å²) in [7, 11) is 0. The van der Waals surface area contributed by atoms with Gasteiger partial charge in [-0.1, -0.05) is 47.8 Å². The fourth-order valence-corrected chi connectivity index (χ4v) is 4.20. The smallest absolute Gasteiger partial charge is 0.0414 e. The van der Waals surface area contributed by atoms with Gasteiger partial charge in [0.1, 0.15) is 0 Å². The van der Waals surface area contributed by atoms with E-state index in [1.165, 1.54) is 44.6 Å². The highest BCUT2D eigenvalue weighted by Crippen LogP contribution is 2.37. The standard InChI is InChI=1S/C18H24BrNS/c1-4-6-16(20-11-5-2)18-10-9-17(21-18)14-12-13(3)7-8-15(14)19/h7-10,12,16,20H,4-6,11H2,1-3H3. The Bertz CT molecular complexity index is 576. The van der Waals surface area contributed by atoms with Crippen LogP contribution >= 0.6 is 27.3 Å². The fraction of sp³-hybridized carbons (Fsp3) is 0.444. The number of nitrogens with one attached hydrogen (secondary N) is 1. The molecule has 0 saturated carbocycles. The van der Waals surface area contributed by atoms with Gasteiger partial charge < -0.3 is 5.32 Å². The largest absolute Gasteiger partial charge is 0.309 e. The summed E-state index contributed by atoms with van der Waals surface area (Å²) < 4.78 is 1.18. The SMILES string of the molecule is CCCNC(CCC)c1ccc(-c2cc(C)ccc2Br)s1. The number of thiophene rings is 1. The first-order chi connectivity index (χ1) is 10.2. The van der Waals surface area contributed by atoms with Crippen LogP contribution in [0.5, 0.6) is 0 Å². The van der Waals surface area contributed by atoms with Gasteiger partial charge in [-0.3, -0.25) is 0 Å². The predicted molar refractivity (Wildman–Crippen MR) is 98.1 cm³/mol. The van der Waals surface area contributed by atoms with E-state index in [1.54, 1.807) is 0 Å². The number of hydrogen-bond acceptors (Lipinski definition) is 2. The first kappa shape index (κ1) is 16.7. The van der Waals surface area contributed by atoms with E-state index in [0.29, 0.717) is 6.04 Å². The fourth-order valence-electron chi connectivity index (χ4n) is 2.46. The van der Waals surface area contributed by atoms with Crippen LogP contribution in [0, 0.1) is 6.92 Å². The molecule has 0 fully saturated rings. The number of benzene rings is 1. The lowest BCUT2D eigenvalue weighted by atomic mass is 10.1. The summed E-state index contributed by atoms with van der Waals surface area (Å²) in [5.41, 5.74) is 2.61. The van der Waals surface area contributed by atoms with Crippen LogP contribution < -0.4 is 5.32 Å². The second-order valence-electron chi connectivity index (χ2n) is 5.48. The molecule has 0 aliphatic carbocycles. The number of rotatable bonds is 7. The van der Waals surface area contributed by atoms with Gasteiger partial charge in [-0.15, -0.1) is 11.3 Å². The Morgan fingerprint density at radius 2 is 1.95 bits per heavy atom. The Morgan fingerprint density at radius 3 is 2.67 bits per heavy atom. The molecule has 0 bridgehead atoms. The Labute approximate surface area is 140 Å². The maximum absolute atomic E-state index is 3.68. The molecule has 1 N–H and O–H groups in total. The molecule has 1 atom stereocenters. The average molecular weight is 366 g/mol. The van der Waals surface area contributed by atoms with Crippen molar-refractivity contribution in [3.8, 4) is 10.4 Å². The summed E-state index contributed by atoms with van der Waals surface area (Å²) in [6.07, 6.45) is 3.60. The molecule has 3 heteroatoms. The summed E-state index contributed by atoms with van der Waals surface area (Å²) in [5.74, 6) is 0. The van der Waals surface area contributed by atoms with Crippen molar-refractivity contribution in [1.82, 2.24) is 5.32 Å². The molecule has 1 heterocycles. The number of aryl methyl sites for hydroxylation is 1. The van der Waals surface area contributed by atoms with E-state index in [1.807, 2.05) is 11.3 Å². The van der Waals surface area contributed by atoms with Crippen molar-refractivity contribution >= 4 is 27.3 Å². The zero-order valence-corrected chi connectivity index (χ0v) is 15.5. The Balaban J connectivity index is 2.24. The van der Waals surface area contributed by atoms with Crippen LogP contribution in [0.4, 0.5) is 0 Å². The minimum absolute atomic E-state index is 0.497. The Kier molecular flexibility index (Phi) is 6.46. The molecular weight excluding hydrogens is 342 g/mol. The van der Waals surface area contributed by atoms with E-state index in [0.717, 1.165) is 6.54 Å². The molecule has 1 aromatic carbocycles. The van der Waals surface area contributed by atoms with Crippen molar-refractivity contribution in [2.45, 2.75) is 46.1 Å². The minimum atomic E-state index is 0.497. The van der Waals surface area contributed by atoms with Crippen LogP contribution in [0.3, 0.4) is 0 Å². The topological polar surface area (TPSA) is 12.0 Å². The van der Waals surface area contributed by atoms with Crippen molar-refractivity contribution in [3.63, 3.8) is 0 Å². The van der Waals surface area contributed by atoms with Gasteiger partial charge in [-0.25, -0.2) is 0 Å². The molecule has 0 aliphatic heterocycles. The third-order valence-electron chi connectivity index (χ3n) is 3.58. The molecule has 1 aromatic heterocycles. The van der Waals surface area contributed by atoms with Gasteiger partial charge in [-0.05, 0) is 50.6 Å². The second-order valence-corrected chi connectivity index (χ2v) is 7.45. The van der Waals surface area contributed by atoms with Crippen LogP contribution in [0.15, 0.2) is 34.8 Å². The molecule has 21 heavy (non-hydrogen) atoms. The summed E-state index contributed by atoms with van der Waals surface area (Å²) in [4.78, 5) is 2.80.